The van der Waals surface area contributed by atoms with E-state index in [0.717, 1.165) is 17.1 Å². The highest BCUT2D eigenvalue weighted by atomic mass is 16.4. The minimum absolute atomic E-state index is 0.358. The van der Waals surface area contributed by atoms with Crippen molar-refractivity contribution in [3.8, 4) is 0 Å². The van der Waals surface area contributed by atoms with Gasteiger partial charge in [0.25, 0.3) is 0 Å². The van der Waals surface area contributed by atoms with Crippen LogP contribution in [0.2, 0.25) is 0 Å². The third kappa shape index (κ3) is 1.71. The van der Waals surface area contributed by atoms with E-state index < -0.39 is 5.97 Å². The molecule has 2 aromatic rings. The number of nitrogens with one attached hydrogen (secondary N) is 1. The molecular formula is C11H13N3O2. The van der Waals surface area contributed by atoms with E-state index in [9.17, 15) is 4.79 Å². The zero-order valence-electron chi connectivity index (χ0n) is 9.19. The number of carbonyl (C=O) groups is 1. The summed E-state index contributed by atoms with van der Waals surface area (Å²) < 4.78 is 1.96. The molecule has 5 heteroatoms. The predicted octanol–water partition coefficient (Wildman–Crippen LogP) is 1.57. The first kappa shape index (κ1) is 10.5. The van der Waals surface area contributed by atoms with Gasteiger partial charge in [-0.05, 0) is 19.9 Å². The Hall–Kier alpha value is -2.04. The number of nitrogens with zero attached hydrogens (tertiary/aromatic N) is 2. The van der Waals surface area contributed by atoms with E-state index in [-0.39, 0.29) is 0 Å². The Morgan fingerprint density at radius 1 is 1.56 bits per heavy atom. The maximum atomic E-state index is 11.0. The van der Waals surface area contributed by atoms with Crippen molar-refractivity contribution >= 4 is 5.97 Å². The second kappa shape index (κ2) is 3.84. The van der Waals surface area contributed by atoms with Crippen LogP contribution in [0, 0.1) is 13.8 Å². The van der Waals surface area contributed by atoms with Crippen molar-refractivity contribution in [3.63, 3.8) is 0 Å². The zero-order valence-corrected chi connectivity index (χ0v) is 9.19. The average molecular weight is 219 g/mol. The molecule has 0 unspecified atom stereocenters. The quantitative estimate of drug-likeness (QED) is 0.823. The van der Waals surface area contributed by atoms with Gasteiger partial charge < -0.3 is 14.7 Å². The fraction of sp³-hybridized carbons (Fsp3) is 0.273. The summed E-state index contributed by atoms with van der Waals surface area (Å²) in [6.45, 7) is 4.33. The lowest BCUT2D eigenvalue weighted by atomic mass is 10.2. The fourth-order valence-electron chi connectivity index (χ4n) is 1.80. The summed E-state index contributed by atoms with van der Waals surface area (Å²) in [7, 11) is 0. The van der Waals surface area contributed by atoms with Crippen molar-refractivity contribution in [3.05, 3.63) is 41.2 Å². The number of aromatic amines is 1. The molecule has 0 amide bonds. The van der Waals surface area contributed by atoms with Crippen LogP contribution in [0.5, 0.6) is 0 Å². The predicted molar refractivity (Wildman–Crippen MR) is 58.6 cm³/mol. The van der Waals surface area contributed by atoms with E-state index in [1.165, 1.54) is 0 Å². The van der Waals surface area contributed by atoms with Gasteiger partial charge in [-0.1, -0.05) is 0 Å². The minimum Gasteiger partial charge on any atom is -0.478 e. The Morgan fingerprint density at radius 3 is 2.81 bits per heavy atom. The fourth-order valence-corrected chi connectivity index (χ4v) is 1.80. The van der Waals surface area contributed by atoms with Gasteiger partial charge in [-0.15, -0.1) is 0 Å². The third-order valence-electron chi connectivity index (χ3n) is 2.69. The molecule has 2 rings (SSSR count). The highest BCUT2D eigenvalue weighted by Crippen LogP contribution is 2.16. The molecule has 2 heterocycles. The first-order valence-electron chi connectivity index (χ1n) is 4.97. The van der Waals surface area contributed by atoms with Gasteiger partial charge >= 0.3 is 5.97 Å². The highest BCUT2D eigenvalue weighted by molar-refractivity contribution is 5.89. The second-order valence-corrected chi connectivity index (χ2v) is 3.75. The first-order valence-corrected chi connectivity index (χ1v) is 4.97. The average Bonchev–Trinajstić information content (AvgIpc) is 2.81. The molecule has 0 aliphatic carbocycles. The van der Waals surface area contributed by atoms with Gasteiger partial charge in [0.05, 0.1) is 24.1 Å². The standard InChI is InChI=1S/C11H13N3O2/c1-7-3-10(11(15)16)8(2)14(7)5-9-4-12-6-13-9/h3-4,6H,5H2,1-2H3,(H,12,13)(H,15,16). The van der Waals surface area contributed by atoms with Crippen LogP contribution < -0.4 is 0 Å². The highest BCUT2D eigenvalue weighted by Gasteiger charge is 2.14. The summed E-state index contributed by atoms with van der Waals surface area (Å²) in [4.78, 5) is 17.9. The van der Waals surface area contributed by atoms with Crippen LogP contribution >= 0.6 is 0 Å². The summed E-state index contributed by atoms with van der Waals surface area (Å²) in [6.07, 6.45) is 3.35. The number of rotatable bonds is 3. The Balaban J connectivity index is 2.38. The summed E-state index contributed by atoms with van der Waals surface area (Å²) in [6, 6.07) is 1.69. The van der Waals surface area contributed by atoms with Gasteiger partial charge in [-0.25, -0.2) is 9.78 Å². The lowest BCUT2D eigenvalue weighted by Gasteiger charge is -2.07. The molecule has 0 aromatic carbocycles. The molecule has 16 heavy (non-hydrogen) atoms. The molecule has 0 radical (unpaired) electrons. The van der Waals surface area contributed by atoms with Gasteiger partial charge in [-0.2, -0.15) is 0 Å². The molecule has 2 aromatic heterocycles. The van der Waals surface area contributed by atoms with Gasteiger partial charge in [0.2, 0.25) is 0 Å². The van der Waals surface area contributed by atoms with Crippen LogP contribution in [0.1, 0.15) is 27.4 Å². The van der Waals surface area contributed by atoms with E-state index in [2.05, 4.69) is 9.97 Å². The van der Waals surface area contributed by atoms with Gasteiger partial charge in [-0.3, -0.25) is 0 Å². The monoisotopic (exact) mass is 219 g/mol. The van der Waals surface area contributed by atoms with E-state index in [4.69, 9.17) is 5.11 Å². The molecular weight excluding hydrogens is 206 g/mol. The van der Waals surface area contributed by atoms with Crippen molar-refractivity contribution < 1.29 is 9.90 Å². The van der Waals surface area contributed by atoms with E-state index in [1.54, 1.807) is 18.6 Å². The molecule has 2 N–H and O–H groups in total. The number of H-pyrrole nitrogens is 1. The number of carboxylic acids is 1. The number of hydrogen-bond acceptors (Lipinski definition) is 2. The summed E-state index contributed by atoms with van der Waals surface area (Å²) in [5.41, 5.74) is 3.01. The van der Waals surface area contributed by atoms with Crippen LogP contribution in [0.4, 0.5) is 0 Å². The van der Waals surface area contributed by atoms with Crippen LogP contribution in [-0.2, 0) is 6.54 Å². The number of aryl methyl sites for hydroxylation is 1. The van der Waals surface area contributed by atoms with Gasteiger partial charge in [0.15, 0.2) is 0 Å². The number of imidazole rings is 1. The Bertz CT molecular complexity index is 512. The zero-order chi connectivity index (χ0) is 11.7. The topological polar surface area (TPSA) is 70.9 Å². The summed E-state index contributed by atoms with van der Waals surface area (Å²) >= 11 is 0. The molecule has 0 saturated carbocycles. The van der Waals surface area contributed by atoms with Crippen LogP contribution in [-0.4, -0.2) is 25.6 Å². The first-order chi connectivity index (χ1) is 7.59. The summed E-state index contributed by atoms with van der Waals surface area (Å²) in [5, 5.41) is 9.00. The van der Waals surface area contributed by atoms with E-state index in [0.29, 0.717) is 12.1 Å². The largest absolute Gasteiger partial charge is 0.478 e. The second-order valence-electron chi connectivity index (χ2n) is 3.75. The van der Waals surface area contributed by atoms with E-state index in [1.807, 2.05) is 18.4 Å². The smallest absolute Gasteiger partial charge is 0.337 e. The molecule has 0 fully saturated rings. The molecule has 5 nitrogen and oxygen atoms in total. The van der Waals surface area contributed by atoms with Gasteiger partial charge in [0.1, 0.15) is 0 Å². The maximum Gasteiger partial charge on any atom is 0.337 e. The van der Waals surface area contributed by atoms with Crippen LogP contribution in [0.15, 0.2) is 18.6 Å². The van der Waals surface area contributed by atoms with Crippen LogP contribution in [0.3, 0.4) is 0 Å². The lowest BCUT2D eigenvalue weighted by molar-refractivity contribution is 0.0696. The number of hydrogen-bond donors (Lipinski definition) is 2. The van der Waals surface area contributed by atoms with Crippen molar-refractivity contribution in [2.75, 3.05) is 0 Å². The van der Waals surface area contributed by atoms with Crippen molar-refractivity contribution in [1.29, 1.82) is 0 Å². The normalized spacial score (nSPS) is 10.6. The Labute approximate surface area is 92.8 Å². The molecule has 0 atom stereocenters. The Kier molecular flexibility index (Phi) is 2.52. The van der Waals surface area contributed by atoms with Gasteiger partial charge in [0, 0.05) is 17.6 Å². The van der Waals surface area contributed by atoms with Crippen LogP contribution in [0.25, 0.3) is 0 Å². The molecule has 0 aliphatic heterocycles. The number of carboxylic acid groups (broad SMARTS) is 1. The molecule has 0 aliphatic rings. The van der Waals surface area contributed by atoms with Crippen molar-refractivity contribution in [1.82, 2.24) is 14.5 Å². The van der Waals surface area contributed by atoms with E-state index >= 15 is 0 Å². The maximum absolute atomic E-state index is 11.0. The van der Waals surface area contributed by atoms with Crippen molar-refractivity contribution in [2.45, 2.75) is 20.4 Å². The van der Waals surface area contributed by atoms with Crippen molar-refractivity contribution in [2.24, 2.45) is 0 Å². The molecule has 0 spiro atoms. The minimum atomic E-state index is -0.885. The molecule has 0 saturated heterocycles. The Morgan fingerprint density at radius 2 is 2.31 bits per heavy atom. The number of aromatic carboxylic acids is 1. The lowest BCUT2D eigenvalue weighted by Crippen LogP contribution is -2.06. The SMILES string of the molecule is Cc1cc(C(=O)O)c(C)n1Cc1cnc[nH]1. The summed E-state index contributed by atoms with van der Waals surface area (Å²) in [5.74, 6) is -0.885. The third-order valence-corrected chi connectivity index (χ3v) is 2.69. The molecule has 0 bridgehead atoms. The molecule has 84 valence electrons. The number of aromatic nitrogens is 3.